The van der Waals surface area contributed by atoms with Gasteiger partial charge in [-0.15, -0.1) is 0 Å². The Morgan fingerprint density at radius 2 is 2.29 bits per heavy atom. The number of hydrogen-bond donors (Lipinski definition) is 0. The molecule has 2 aromatic rings. The van der Waals surface area contributed by atoms with E-state index in [1.807, 2.05) is 23.1 Å². The van der Waals surface area contributed by atoms with Crippen molar-refractivity contribution in [3.05, 3.63) is 51.7 Å². The molecule has 2 aliphatic heterocycles. The molecule has 0 spiro atoms. The molecule has 0 aliphatic carbocycles. The second-order valence-corrected chi connectivity index (χ2v) is 6.41. The van der Waals surface area contributed by atoms with Crippen molar-refractivity contribution < 1.29 is 9.53 Å². The van der Waals surface area contributed by atoms with Gasteiger partial charge in [-0.25, -0.2) is 0 Å². The molecule has 3 nitrogen and oxygen atoms in total. The molecule has 21 heavy (non-hydrogen) atoms. The highest BCUT2D eigenvalue weighted by molar-refractivity contribution is 7.07. The molecule has 0 bridgehead atoms. The van der Waals surface area contributed by atoms with E-state index in [1.54, 1.807) is 11.3 Å². The minimum absolute atomic E-state index is 0.151. The summed E-state index contributed by atoms with van der Waals surface area (Å²) in [7, 11) is 0. The zero-order valence-electron chi connectivity index (χ0n) is 11.7. The van der Waals surface area contributed by atoms with Crippen molar-refractivity contribution in [2.45, 2.75) is 25.3 Å². The number of hydrogen-bond acceptors (Lipinski definition) is 3. The maximum Gasteiger partial charge on any atom is 0.254 e. The lowest BCUT2D eigenvalue weighted by molar-refractivity contribution is 0.0736. The molecule has 1 aromatic carbocycles. The summed E-state index contributed by atoms with van der Waals surface area (Å²) < 4.78 is 5.52. The maximum absolute atomic E-state index is 12.8. The first-order chi connectivity index (χ1) is 10.3. The Morgan fingerprint density at radius 1 is 1.33 bits per heavy atom. The van der Waals surface area contributed by atoms with Gasteiger partial charge in [0.15, 0.2) is 0 Å². The van der Waals surface area contributed by atoms with E-state index in [-0.39, 0.29) is 11.9 Å². The average Bonchev–Trinajstić information content (AvgIpc) is 3.24. The van der Waals surface area contributed by atoms with E-state index in [4.69, 9.17) is 4.74 Å². The Hall–Kier alpha value is -1.81. The molecule has 108 valence electrons. The molecular formula is C17H17NO2S. The van der Waals surface area contributed by atoms with Crippen LogP contribution in [0.2, 0.25) is 0 Å². The number of likely N-dealkylation sites (tertiary alicyclic amines) is 1. The highest BCUT2D eigenvalue weighted by atomic mass is 32.1. The van der Waals surface area contributed by atoms with Crippen molar-refractivity contribution in [1.29, 1.82) is 0 Å². The van der Waals surface area contributed by atoms with Crippen LogP contribution >= 0.6 is 11.3 Å². The monoisotopic (exact) mass is 299 g/mol. The van der Waals surface area contributed by atoms with E-state index in [0.717, 1.165) is 49.3 Å². The summed E-state index contributed by atoms with van der Waals surface area (Å²) in [4.78, 5) is 14.9. The second-order valence-electron chi connectivity index (χ2n) is 5.63. The summed E-state index contributed by atoms with van der Waals surface area (Å²) in [6.45, 7) is 1.58. The molecule has 4 rings (SSSR count). The summed E-state index contributed by atoms with van der Waals surface area (Å²) in [5, 5.41) is 4.25. The molecular weight excluding hydrogens is 282 g/mol. The number of carbonyl (C=O) groups excluding carboxylic acids is 1. The van der Waals surface area contributed by atoms with Gasteiger partial charge in [0, 0.05) is 18.5 Å². The van der Waals surface area contributed by atoms with Gasteiger partial charge in [0.25, 0.3) is 5.91 Å². The SMILES string of the molecule is O=C(c1ccc2c(c1)CCO2)N1CCC[C@H]1c1ccsc1. The van der Waals surface area contributed by atoms with Crippen LogP contribution in [0.1, 0.15) is 40.4 Å². The van der Waals surface area contributed by atoms with Crippen LogP contribution in [0.3, 0.4) is 0 Å². The summed E-state index contributed by atoms with van der Waals surface area (Å²) >= 11 is 1.70. The lowest BCUT2D eigenvalue weighted by Crippen LogP contribution is -2.30. The molecule has 4 heteroatoms. The Balaban J connectivity index is 1.62. The number of rotatable bonds is 2. The number of nitrogens with zero attached hydrogens (tertiary/aromatic N) is 1. The van der Waals surface area contributed by atoms with Crippen LogP contribution in [-0.2, 0) is 6.42 Å². The van der Waals surface area contributed by atoms with Crippen molar-refractivity contribution in [2.24, 2.45) is 0 Å². The zero-order valence-corrected chi connectivity index (χ0v) is 12.6. The van der Waals surface area contributed by atoms with Crippen LogP contribution in [0, 0.1) is 0 Å². The number of carbonyl (C=O) groups is 1. The third-order valence-electron chi connectivity index (χ3n) is 4.38. The third-order valence-corrected chi connectivity index (χ3v) is 5.08. The fraction of sp³-hybridized carbons (Fsp3) is 0.353. The van der Waals surface area contributed by atoms with Gasteiger partial charge in [-0.2, -0.15) is 11.3 Å². The number of fused-ring (bicyclic) bond motifs is 1. The molecule has 1 fully saturated rings. The Labute approximate surface area is 128 Å². The van der Waals surface area contributed by atoms with Crippen LogP contribution in [0.5, 0.6) is 5.75 Å². The van der Waals surface area contributed by atoms with Gasteiger partial charge in [-0.3, -0.25) is 4.79 Å². The lowest BCUT2D eigenvalue weighted by Gasteiger charge is -2.24. The van der Waals surface area contributed by atoms with E-state index >= 15 is 0 Å². The highest BCUT2D eigenvalue weighted by Gasteiger charge is 2.31. The van der Waals surface area contributed by atoms with Gasteiger partial charge in [0.2, 0.25) is 0 Å². The quantitative estimate of drug-likeness (QED) is 0.847. The van der Waals surface area contributed by atoms with E-state index in [2.05, 4.69) is 16.8 Å². The van der Waals surface area contributed by atoms with Crippen LogP contribution < -0.4 is 4.74 Å². The summed E-state index contributed by atoms with van der Waals surface area (Å²) in [6, 6.07) is 8.22. The number of benzene rings is 1. The van der Waals surface area contributed by atoms with Crippen molar-refractivity contribution in [3.8, 4) is 5.75 Å². The molecule has 1 aromatic heterocycles. The molecule has 0 radical (unpaired) electrons. The first kappa shape index (κ1) is 12.9. The summed E-state index contributed by atoms with van der Waals surface area (Å²) in [5.41, 5.74) is 3.23. The van der Waals surface area contributed by atoms with E-state index in [9.17, 15) is 4.79 Å². The largest absolute Gasteiger partial charge is 0.493 e. The molecule has 2 aliphatic rings. The molecule has 0 saturated carbocycles. The first-order valence-electron chi connectivity index (χ1n) is 7.42. The average molecular weight is 299 g/mol. The van der Waals surface area contributed by atoms with Crippen molar-refractivity contribution >= 4 is 17.2 Å². The molecule has 1 amide bonds. The third kappa shape index (κ3) is 2.23. The second kappa shape index (κ2) is 5.19. The Bertz CT molecular complexity index is 665. The number of ether oxygens (including phenoxy) is 1. The zero-order chi connectivity index (χ0) is 14.2. The molecule has 1 saturated heterocycles. The van der Waals surface area contributed by atoms with Gasteiger partial charge in [0.05, 0.1) is 12.6 Å². The van der Waals surface area contributed by atoms with E-state index in [0.29, 0.717) is 0 Å². The fourth-order valence-electron chi connectivity index (χ4n) is 3.31. The van der Waals surface area contributed by atoms with E-state index < -0.39 is 0 Å². The van der Waals surface area contributed by atoms with Gasteiger partial charge in [-0.1, -0.05) is 0 Å². The van der Waals surface area contributed by atoms with Crippen LogP contribution in [-0.4, -0.2) is 24.0 Å². The van der Waals surface area contributed by atoms with Gasteiger partial charge in [-0.05, 0) is 59.0 Å². The van der Waals surface area contributed by atoms with E-state index in [1.165, 1.54) is 5.56 Å². The lowest BCUT2D eigenvalue weighted by atomic mass is 10.1. The molecule has 0 unspecified atom stereocenters. The van der Waals surface area contributed by atoms with Crippen LogP contribution in [0.15, 0.2) is 35.0 Å². The molecule has 0 N–H and O–H groups in total. The molecule has 3 heterocycles. The number of thiophene rings is 1. The number of amides is 1. The predicted octanol–water partition coefficient (Wildman–Crippen LogP) is 3.66. The smallest absolute Gasteiger partial charge is 0.254 e. The predicted molar refractivity (Wildman–Crippen MR) is 83.0 cm³/mol. The van der Waals surface area contributed by atoms with Crippen LogP contribution in [0.25, 0.3) is 0 Å². The minimum Gasteiger partial charge on any atom is -0.493 e. The van der Waals surface area contributed by atoms with Crippen molar-refractivity contribution in [1.82, 2.24) is 4.90 Å². The fourth-order valence-corrected chi connectivity index (χ4v) is 4.01. The normalized spacial score (nSPS) is 20.4. The summed E-state index contributed by atoms with van der Waals surface area (Å²) in [6.07, 6.45) is 3.06. The summed E-state index contributed by atoms with van der Waals surface area (Å²) in [5.74, 6) is 1.08. The first-order valence-corrected chi connectivity index (χ1v) is 8.36. The minimum atomic E-state index is 0.151. The van der Waals surface area contributed by atoms with Crippen molar-refractivity contribution in [2.75, 3.05) is 13.2 Å². The standard InChI is InChI=1S/C17H17NO2S/c19-17(13-3-4-16-12(10-13)5-8-20-16)18-7-1-2-15(18)14-6-9-21-11-14/h3-4,6,9-11,15H,1-2,5,7-8H2/t15-/m0/s1. The maximum atomic E-state index is 12.8. The highest BCUT2D eigenvalue weighted by Crippen LogP contribution is 2.35. The van der Waals surface area contributed by atoms with Gasteiger partial charge < -0.3 is 9.64 Å². The molecule has 1 atom stereocenters. The van der Waals surface area contributed by atoms with Crippen LogP contribution in [0.4, 0.5) is 0 Å². The topological polar surface area (TPSA) is 29.5 Å². The van der Waals surface area contributed by atoms with Gasteiger partial charge in [0.1, 0.15) is 5.75 Å². The van der Waals surface area contributed by atoms with Crippen molar-refractivity contribution in [3.63, 3.8) is 0 Å². The Kier molecular flexibility index (Phi) is 3.19. The van der Waals surface area contributed by atoms with Gasteiger partial charge >= 0.3 is 0 Å². The Morgan fingerprint density at radius 3 is 3.14 bits per heavy atom.